The van der Waals surface area contributed by atoms with Gasteiger partial charge in [-0.3, -0.25) is 0 Å². The molecule has 0 bridgehead atoms. The number of hydrogen-bond donors (Lipinski definition) is 0. The summed E-state index contributed by atoms with van der Waals surface area (Å²) >= 11 is 0. The van der Waals surface area contributed by atoms with Gasteiger partial charge in [0.05, 0.1) is 0 Å². The number of hydrogen-bond acceptors (Lipinski definition) is 0. The predicted molar refractivity (Wildman–Crippen MR) is 94.1 cm³/mol. The van der Waals surface area contributed by atoms with Crippen LogP contribution in [0.25, 0.3) is 43.1 Å². The molecule has 0 aliphatic rings. The van der Waals surface area contributed by atoms with E-state index in [0.29, 0.717) is 0 Å². The summed E-state index contributed by atoms with van der Waals surface area (Å²) in [5, 5.41) is 9.50. The van der Waals surface area contributed by atoms with Crippen molar-refractivity contribution in [3.05, 3.63) is 84.9 Å². The van der Waals surface area contributed by atoms with E-state index in [2.05, 4.69) is 84.9 Å². The van der Waals surface area contributed by atoms with Crippen LogP contribution in [0.1, 0.15) is 0 Å². The fourth-order valence-electron chi connectivity index (χ4n) is 3.18. The molecule has 0 fully saturated rings. The van der Waals surface area contributed by atoms with Crippen LogP contribution in [0.4, 0.5) is 0 Å². The molecule has 0 aliphatic carbocycles. The van der Waals surface area contributed by atoms with Gasteiger partial charge in [-0.15, -0.1) is 24.3 Å². The molecule has 0 nitrogen and oxygen atoms in total. The molecule has 106 valence electrons. The quantitative estimate of drug-likeness (QED) is 0.135. The normalized spacial score (nSPS) is 10.7. The Hall–Kier alpha value is -4.86. The molecule has 0 amide bonds. The van der Waals surface area contributed by atoms with Gasteiger partial charge in [0, 0.05) is 0 Å². The molecule has 0 unspecified atom stereocenters. The van der Waals surface area contributed by atoms with Gasteiger partial charge in [0.1, 0.15) is 0 Å². The fourth-order valence-corrected chi connectivity index (χ4v) is 3.18. The molecule has 24 heavy (non-hydrogen) atoms. The summed E-state index contributed by atoms with van der Waals surface area (Å²) in [6.07, 6.45) is 0. The Labute approximate surface area is 128 Å². The fraction of sp³-hybridized carbons (Fsp3) is 0. The van der Waals surface area contributed by atoms with E-state index < -0.39 is 0 Å². The Morgan fingerprint density at radius 2 is 0.667 bits per heavy atom. The maximum atomic E-state index is 3.56. The van der Waals surface area contributed by atoms with Gasteiger partial charge < -0.3 is 0 Å². The summed E-state index contributed by atoms with van der Waals surface area (Å²) in [6, 6.07) is 32.8. The summed E-state index contributed by atoms with van der Waals surface area (Å²) in [5.41, 5.74) is 0. The third-order valence-corrected chi connectivity index (χ3v) is 4.31. The van der Waals surface area contributed by atoms with Crippen molar-refractivity contribution < 1.29 is 0 Å². The summed E-state index contributed by atoms with van der Waals surface area (Å²) in [6.45, 7) is 0. The molecule has 2 heteroatoms. The van der Waals surface area contributed by atoms with Gasteiger partial charge in [0.25, 0.3) is 0 Å². The Morgan fingerprint density at radius 1 is 0.417 bits per heavy atom. The van der Waals surface area contributed by atoms with Crippen LogP contribution < -0.4 is 0 Å². The van der Waals surface area contributed by atoms with Crippen molar-refractivity contribution in [1.29, 1.82) is 0 Å². The van der Waals surface area contributed by atoms with E-state index in [0.717, 1.165) is 21.5 Å². The average Bonchev–Trinajstić information content (AvgIpc) is 2.56. The van der Waals surface area contributed by atoms with Crippen molar-refractivity contribution in [2.45, 2.75) is 0 Å². The Morgan fingerprint density at radius 3 is 0.917 bits per heavy atom. The maximum absolute atomic E-state index is 3.56. The first-order valence-electron chi connectivity index (χ1n) is 7.46. The van der Waals surface area contributed by atoms with E-state index in [1.807, 2.05) is 0 Å². The minimum absolute atomic E-state index is 0. The van der Waals surface area contributed by atoms with Gasteiger partial charge in [-0.05, 0) is 0 Å². The molecule has 5 rings (SSSR count). The second kappa shape index (κ2) is 4.85. The van der Waals surface area contributed by atoms with Crippen LogP contribution in [-0.4, -0.2) is 0 Å². The zero-order valence-corrected chi connectivity index (χ0v) is 26.1. The first kappa shape index (κ1) is 14.1. The standard InChI is InChI=1S/C22H12.2Rf/c1-2-6-16-10-20-14-22-12-18-8-4-3-7-17(18)11-21(22)13-19(20)9-15(16)5-1;;/h1-12H;;/q-2;;. The summed E-state index contributed by atoms with van der Waals surface area (Å²) < 4.78 is 0. The van der Waals surface area contributed by atoms with Gasteiger partial charge in [-0.1, -0.05) is 70.1 Å². The number of rotatable bonds is 0. The second-order valence-corrected chi connectivity index (χ2v) is 5.74. The van der Waals surface area contributed by atoms with Gasteiger partial charge in [-0.2, -0.15) is 33.7 Å². The van der Waals surface area contributed by atoms with E-state index >= 15 is 0 Å². The van der Waals surface area contributed by atoms with E-state index in [1.54, 1.807) is 0 Å². The van der Waals surface area contributed by atoms with E-state index in [-0.39, 0.29) is 0 Å². The molecule has 0 saturated heterocycles. The molecule has 0 aromatic heterocycles. The second-order valence-electron chi connectivity index (χ2n) is 5.74. The predicted octanol–water partition coefficient (Wildman–Crippen LogP) is 5.90. The largest absolute Gasteiger partial charge is 0.199 e. The molecular weight excluding hydrogens is 798 g/mol. The minimum Gasteiger partial charge on any atom is -0.199 e. The van der Waals surface area contributed by atoms with E-state index in [9.17, 15) is 0 Å². The van der Waals surface area contributed by atoms with Crippen LogP contribution in [0.2, 0.25) is 0 Å². The van der Waals surface area contributed by atoms with Crippen LogP contribution in [-0.2, 0) is 0 Å². The zero-order valence-electron chi connectivity index (χ0n) is 13.3. The van der Waals surface area contributed by atoms with Crippen molar-refractivity contribution in [3.8, 4) is 0 Å². The van der Waals surface area contributed by atoms with Crippen LogP contribution in [0, 0.1) is 12.1 Å². The third-order valence-electron chi connectivity index (χ3n) is 4.31. The molecule has 5 aromatic carbocycles. The van der Waals surface area contributed by atoms with Crippen LogP contribution in [0.15, 0.2) is 72.8 Å². The molecule has 0 atom stereocenters. The minimum atomic E-state index is 0. The van der Waals surface area contributed by atoms with E-state index in [4.69, 9.17) is 0 Å². The maximum Gasteiger partial charge on any atom is 0 e. The zero-order chi connectivity index (χ0) is 14.5. The monoisotopic (exact) mass is 810 g/mol. The van der Waals surface area contributed by atoms with Gasteiger partial charge in [0.2, 0.25) is 0 Å². The van der Waals surface area contributed by atoms with Gasteiger partial charge in [-0.25, -0.2) is 0 Å². The average molecular weight is 810 g/mol. The first-order chi connectivity index (χ1) is 10.9. The summed E-state index contributed by atoms with van der Waals surface area (Å²) in [7, 11) is 0. The summed E-state index contributed by atoms with van der Waals surface area (Å²) in [4.78, 5) is 0. The first-order valence-corrected chi connectivity index (χ1v) is 7.46. The molecule has 0 aliphatic heterocycles. The van der Waals surface area contributed by atoms with Crippen LogP contribution >= 0.6 is 0 Å². The SMILES string of the molecule is [Rf].[Rf].[c-]1c2cc3ccccc3cc2[c-]c2cc3ccccc3cc12. The molecule has 0 N–H and O–H groups in total. The Kier molecular flexibility index (Phi) is 2.85. The number of fused-ring (bicyclic) bond motifs is 4. The topological polar surface area (TPSA) is 0 Å². The van der Waals surface area contributed by atoms with Crippen LogP contribution in [0.5, 0.6) is 0 Å². The van der Waals surface area contributed by atoms with Crippen molar-refractivity contribution >= 4 is 43.1 Å². The van der Waals surface area contributed by atoms with Crippen molar-refractivity contribution in [2.24, 2.45) is 0 Å². The molecular formula is C22H12Rf2-2. The molecule has 0 radical (unpaired) electrons. The van der Waals surface area contributed by atoms with Crippen LogP contribution in [0.3, 0.4) is 0 Å². The van der Waals surface area contributed by atoms with Gasteiger partial charge in [0.15, 0.2) is 0 Å². The Bertz CT molecular complexity index is 992. The molecule has 0 saturated carbocycles. The Balaban J connectivity index is 0.000000845. The molecule has 5 aromatic rings. The molecule has 0 heterocycles. The molecule has 0 spiro atoms. The van der Waals surface area contributed by atoms with Crippen molar-refractivity contribution in [1.82, 2.24) is 0 Å². The third kappa shape index (κ3) is 1.85. The van der Waals surface area contributed by atoms with Crippen molar-refractivity contribution in [3.63, 3.8) is 0 Å². The smallest absolute Gasteiger partial charge is 0 e. The number of benzene rings is 5. The van der Waals surface area contributed by atoms with E-state index in [1.165, 1.54) is 21.5 Å². The van der Waals surface area contributed by atoms with Gasteiger partial charge >= 0.3 is 0 Å². The van der Waals surface area contributed by atoms with Crippen molar-refractivity contribution in [2.75, 3.05) is 0 Å². The summed E-state index contributed by atoms with van der Waals surface area (Å²) in [5.74, 6) is 0.